The van der Waals surface area contributed by atoms with E-state index in [0.29, 0.717) is 30.4 Å². The highest BCUT2D eigenvalue weighted by Crippen LogP contribution is 2.32. The Kier molecular flexibility index (Phi) is 6.16. The fourth-order valence-electron chi connectivity index (χ4n) is 3.21. The van der Waals surface area contributed by atoms with Crippen LogP contribution in [0.5, 0.6) is 0 Å². The third-order valence-corrected chi connectivity index (χ3v) is 4.89. The van der Waals surface area contributed by atoms with Gasteiger partial charge < -0.3 is 10.2 Å². The number of pyridine rings is 2. The predicted molar refractivity (Wildman–Crippen MR) is 99.6 cm³/mol. The molecule has 0 atom stereocenters. The van der Waals surface area contributed by atoms with Gasteiger partial charge in [0, 0.05) is 37.6 Å². The molecule has 8 heteroatoms. The topological polar surface area (TPSA) is 58.1 Å². The van der Waals surface area contributed by atoms with E-state index in [2.05, 4.69) is 22.2 Å². The first kappa shape index (κ1) is 20.1. The van der Waals surface area contributed by atoms with E-state index in [1.54, 1.807) is 24.5 Å². The van der Waals surface area contributed by atoms with Crippen LogP contribution >= 0.6 is 0 Å². The highest BCUT2D eigenvalue weighted by atomic mass is 19.4. The fourth-order valence-corrected chi connectivity index (χ4v) is 3.21. The molecular weight excluding hydrogens is 369 g/mol. The van der Waals surface area contributed by atoms with Crippen molar-refractivity contribution in [2.45, 2.75) is 38.9 Å². The summed E-state index contributed by atoms with van der Waals surface area (Å²) in [6.45, 7) is 3.58. The molecule has 0 aliphatic carbocycles. The second-order valence-corrected chi connectivity index (χ2v) is 7.16. The van der Waals surface area contributed by atoms with E-state index < -0.39 is 11.9 Å². The van der Waals surface area contributed by atoms with Gasteiger partial charge in [0.05, 0.1) is 6.42 Å². The van der Waals surface area contributed by atoms with E-state index in [9.17, 15) is 18.0 Å². The van der Waals surface area contributed by atoms with Crippen LogP contribution in [0.3, 0.4) is 0 Å². The van der Waals surface area contributed by atoms with Crippen molar-refractivity contribution in [1.29, 1.82) is 0 Å². The maximum atomic E-state index is 13.1. The number of halogens is 3. The molecule has 28 heavy (non-hydrogen) atoms. The molecule has 3 rings (SSSR count). The van der Waals surface area contributed by atoms with E-state index in [4.69, 9.17) is 0 Å². The van der Waals surface area contributed by atoms with E-state index in [0.717, 1.165) is 24.5 Å². The van der Waals surface area contributed by atoms with Crippen molar-refractivity contribution >= 4 is 11.7 Å². The maximum absolute atomic E-state index is 13.1. The molecular formula is C20H23F3N4O. The summed E-state index contributed by atoms with van der Waals surface area (Å²) in [4.78, 5) is 21.9. The van der Waals surface area contributed by atoms with Gasteiger partial charge >= 0.3 is 6.18 Å². The minimum Gasteiger partial charge on any atom is -0.356 e. The molecule has 5 nitrogen and oxygen atoms in total. The van der Waals surface area contributed by atoms with Crippen LogP contribution in [0.15, 0.2) is 36.7 Å². The number of hydrogen-bond acceptors (Lipinski definition) is 4. The minimum absolute atomic E-state index is 0.131. The van der Waals surface area contributed by atoms with Crippen molar-refractivity contribution in [3.8, 4) is 0 Å². The Morgan fingerprint density at radius 1 is 1.25 bits per heavy atom. The Morgan fingerprint density at radius 3 is 2.64 bits per heavy atom. The summed E-state index contributed by atoms with van der Waals surface area (Å²) < 4.78 is 39.4. The van der Waals surface area contributed by atoms with E-state index >= 15 is 0 Å². The molecule has 0 spiro atoms. The second kappa shape index (κ2) is 8.58. The standard InChI is InChI=1S/C20H23F3N4O/c1-14-6-9-27(10-7-14)19-16(4-5-17(26-19)20(21,22)23)13-25-18(28)11-15-3-2-8-24-12-15/h2-5,8,12,14H,6-7,9-11,13H2,1H3,(H,25,28). The highest BCUT2D eigenvalue weighted by Gasteiger charge is 2.34. The van der Waals surface area contributed by atoms with Gasteiger partial charge in [-0.15, -0.1) is 0 Å². The molecule has 0 radical (unpaired) electrons. The molecule has 2 aromatic heterocycles. The lowest BCUT2D eigenvalue weighted by atomic mass is 9.99. The molecule has 2 aromatic rings. The maximum Gasteiger partial charge on any atom is 0.433 e. The molecule has 1 N–H and O–H groups in total. The van der Waals surface area contributed by atoms with Crippen LogP contribution in [-0.4, -0.2) is 29.0 Å². The van der Waals surface area contributed by atoms with Gasteiger partial charge in [-0.1, -0.05) is 19.1 Å². The molecule has 3 heterocycles. The van der Waals surface area contributed by atoms with E-state index in [1.165, 1.54) is 6.07 Å². The molecule has 1 fully saturated rings. The third-order valence-electron chi connectivity index (χ3n) is 4.89. The first-order chi connectivity index (χ1) is 13.3. The highest BCUT2D eigenvalue weighted by molar-refractivity contribution is 5.78. The Labute approximate surface area is 162 Å². The Morgan fingerprint density at radius 2 is 2.00 bits per heavy atom. The molecule has 0 saturated carbocycles. The molecule has 0 aromatic carbocycles. The van der Waals surface area contributed by atoms with Gasteiger partial charge in [-0.05, 0) is 36.5 Å². The Bertz CT molecular complexity index is 803. The molecule has 1 aliphatic rings. The van der Waals surface area contributed by atoms with Crippen molar-refractivity contribution in [3.05, 3.63) is 53.5 Å². The van der Waals surface area contributed by atoms with Gasteiger partial charge in [0.2, 0.25) is 5.91 Å². The molecule has 1 aliphatic heterocycles. The predicted octanol–water partition coefficient (Wildman–Crippen LogP) is 3.59. The summed E-state index contributed by atoms with van der Waals surface area (Å²) in [6.07, 6.45) is 0.717. The molecule has 0 bridgehead atoms. The lowest BCUT2D eigenvalue weighted by molar-refractivity contribution is -0.141. The number of alkyl halides is 3. The van der Waals surface area contributed by atoms with E-state index in [1.807, 2.05) is 4.90 Å². The van der Waals surface area contributed by atoms with Gasteiger partial charge in [-0.25, -0.2) is 4.98 Å². The molecule has 150 valence electrons. The zero-order valence-corrected chi connectivity index (χ0v) is 15.7. The molecule has 0 unspecified atom stereocenters. The van der Waals surface area contributed by atoms with Crippen LogP contribution < -0.4 is 10.2 Å². The Hall–Kier alpha value is -2.64. The summed E-state index contributed by atoms with van der Waals surface area (Å²) in [7, 11) is 0. The number of anilines is 1. The van der Waals surface area contributed by atoms with Crippen LogP contribution in [0, 0.1) is 5.92 Å². The zero-order chi connectivity index (χ0) is 20.1. The zero-order valence-electron chi connectivity index (χ0n) is 15.7. The van der Waals surface area contributed by atoms with E-state index in [-0.39, 0.29) is 18.9 Å². The SMILES string of the molecule is CC1CCN(c2nc(C(F)(F)F)ccc2CNC(=O)Cc2cccnc2)CC1. The third kappa shape index (κ3) is 5.21. The van der Waals surface area contributed by atoms with Gasteiger partial charge in [0.1, 0.15) is 11.5 Å². The number of aromatic nitrogens is 2. The lowest BCUT2D eigenvalue weighted by Gasteiger charge is -2.33. The minimum atomic E-state index is -4.50. The van der Waals surface area contributed by atoms with Crippen LogP contribution in [-0.2, 0) is 23.9 Å². The van der Waals surface area contributed by atoms with Gasteiger partial charge in [0.15, 0.2) is 0 Å². The monoisotopic (exact) mass is 392 g/mol. The van der Waals surface area contributed by atoms with Crippen molar-refractivity contribution in [1.82, 2.24) is 15.3 Å². The number of carbonyl (C=O) groups is 1. The van der Waals surface area contributed by atoms with Crippen LogP contribution in [0.4, 0.5) is 19.0 Å². The van der Waals surface area contributed by atoms with Crippen molar-refractivity contribution in [2.24, 2.45) is 5.92 Å². The quantitative estimate of drug-likeness (QED) is 0.845. The number of nitrogens with one attached hydrogen (secondary N) is 1. The van der Waals surface area contributed by atoms with Gasteiger partial charge in [-0.3, -0.25) is 9.78 Å². The average molecular weight is 392 g/mol. The van der Waals surface area contributed by atoms with Crippen LogP contribution in [0.2, 0.25) is 0 Å². The summed E-state index contributed by atoms with van der Waals surface area (Å²) in [6, 6.07) is 5.93. The number of piperidine rings is 1. The number of carbonyl (C=O) groups excluding carboxylic acids is 1. The smallest absolute Gasteiger partial charge is 0.356 e. The fraction of sp³-hybridized carbons (Fsp3) is 0.450. The van der Waals surface area contributed by atoms with Gasteiger partial charge in [-0.2, -0.15) is 13.2 Å². The van der Waals surface area contributed by atoms with Crippen LogP contribution in [0.1, 0.15) is 36.6 Å². The lowest BCUT2D eigenvalue weighted by Crippen LogP contribution is -2.35. The molecule has 1 amide bonds. The number of nitrogens with zero attached hydrogens (tertiary/aromatic N) is 3. The normalized spacial score (nSPS) is 15.5. The number of amides is 1. The van der Waals surface area contributed by atoms with Crippen LogP contribution in [0.25, 0.3) is 0 Å². The summed E-state index contributed by atoms with van der Waals surface area (Å²) in [5, 5.41) is 2.78. The second-order valence-electron chi connectivity index (χ2n) is 7.16. The van der Waals surface area contributed by atoms with Crippen molar-refractivity contribution in [3.63, 3.8) is 0 Å². The first-order valence-electron chi connectivity index (χ1n) is 9.30. The summed E-state index contributed by atoms with van der Waals surface area (Å²) >= 11 is 0. The number of hydrogen-bond donors (Lipinski definition) is 1. The summed E-state index contributed by atoms with van der Waals surface area (Å²) in [5.74, 6) is 0.638. The Balaban J connectivity index is 1.74. The average Bonchev–Trinajstić information content (AvgIpc) is 2.67. The van der Waals surface area contributed by atoms with Crippen molar-refractivity contribution in [2.75, 3.05) is 18.0 Å². The summed E-state index contributed by atoms with van der Waals surface area (Å²) in [5.41, 5.74) is 0.449. The largest absolute Gasteiger partial charge is 0.433 e. The first-order valence-corrected chi connectivity index (χ1v) is 9.30. The number of rotatable bonds is 5. The van der Waals surface area contributed by atoms with Gasteiger partial charge in [0.25, 0.3) is 0 Å². The van der Waals surface area contributed by atoms with Crippen molar-refractivity contribution < 1.29 is 18.0 Å². The molecule has 1 saturated heterocycles.